The number of rotatable bonds is 4. The first kappa shape index (κ1) is 18.4. The monoisotopic (exact) mass is 373 g/mol. The molecule has 2 aromatic carbocycles. The minimum Gasteiger partial charge on any atom is -0.491 e. The summed E-state index contributed by atoms with van der Waals surface area (Å²) in [5, 5.41) is 11.3. The largest absolute Gasteiger partial charge is 0.491 e. The van der Waals surface area contributed by atoms with Crippen molar-refractivity contribution >= 4 is 0 Å². The highest BCUT2D eigenvalue weighted by Gasteiger charge is 2.46. The lowest BCUT2D eigenvalue weighted by Gasteiger charge is -2.52. The third-order valence-electron chi connectivity index (χ3n) is 6.11. The molecule has 4 rings (SSSR count). The molecule has 144 valence electrons. The molecular weight excluding hydrogens is 348 g/mol. The van der Waals surface area contributed by atoms with Crippen LogP contribution in [-0.4, -0.2) is 29.2 Å². The number of hydrogen-bond donors (Lipinski definition) is 1. The van der Waals surface area contributed by atoms with Crippen LogP contribution in [0.4, 0.5) is 8.78 Å². The average molecular weight is 373 g/mol. The molecule has 0 aliphatic carbocycles. The molecular formula is C22H25F2NO2. The maximum atomic E-state index is 14.2. The first-order valence-electron chi connectivity index (χ1n) is 9.56. The maximum Gasteiger partial charge on any atom is 0.190 e. The summed E-state index contributed by atoms with van der Waals surface area (Å²) >= 11 is 0. The summed E-state index contributed by atoms with van der Waals surface area (Å²) in [4.78, 5) is 2.46. The van der Waals surface area contributed by atoms with Gasteiger partial charge in [0, 0.05) is 18.6 Å². The van der Waals surface area contributed by atoms with E-state index in [2.05, 4.69) is 17.0 Å². The number of methoxy groups -OCH3 is 1. The van der Waals surface area contributed by atoms with Gasteiger partial charge in [-0.25, -0.2) is 8.78 Å². The van der Waals surface area contributed by atoms with E-state index in [0.717, 1.165) is 25.8 Å². The number of nitrogens with zero attached hydrogens (tertiary/aromatic N) is 1. The molecule has 2 bridgehead atoms. The Kier molecular flexibility index (Phi) is 4.91. The second kappa shape index (κ2) is 7.21. The van der Waals surface area contributed by atoms with Crippen LogP contribution in [0.15, 0.2) is 42.5 Å². The summed E-state index contributed by atoms with van der Waals surface area (Å²) in [6, 6.07) is 13.2. The molecule has 0 aromatic heterocycles. The van der Waals surface area contributed by atoms with Crippen molar-refractivity contribution < 1.29 is 18.6 Å². The van der Waals surface area contributed by atoms with Gasteiger partial charge in [-0.3, -0.25) is 4.90 Å². The Bertz CT molecular complexity index is 774. The van der Waals surface area contributed by atoms with Gasteiger partial charge in [-0.05, 0) is 48.9 Å². The van der Waals surface area contributed by atoms with E-state index in [4.69, 9.17) is 4.74 Å². The van der Waals surface area contributed by atoms with Crippen molar-refractivity contribution in [3.05, 3.63) is 65.2 Å². The minimum atomic E-state index is -1.21. The molecule has 2 aromatic rings. The van der Waals surface area contributed by atoms with E-state index >= 15 is 0 Å². The molecule has 27 heavy (non-hydrogen) atoms. The Hall–Kier alpha value is -1.98. The van der Waals surface area contributed by atoms with Gasteiger partial charge in [0.2, 0.25) is 0 Å². The molecule has 2 aliphatic rings. The van der Waals surface area contributed by atoms with Crippen LogP contribution in [0.1, 0.15) is 43.2 Å². The van der Waals surface area contributed by atoms with Gasteiger partial charge in [-0.2, -0.15) is 0 Å². The van der Waals surface area contributed by atoms with E-state index in [0.29, 0.717) is 18.4 Å². The lowest BCUT2D eigenvalue weighted by molar-refractivity contribution is -0.100. The summed E-state index contributed by atoms with van der Waals surface area (Å²) in [7, 11) is 1.24. The van der Waals surface area contributed by atoms with Crippen molar-refractivity contribution in [1.29, 1.82) is 0 Å². The van der Waals surface area contributed by atoms with Crippen LogP contribution in [0.5, 0.6) is 5.75 Å². The van der Waals surface area contributed by atoms with Gasteiger partial charge in [0.05, 0.1) is 12.7 Å². The van der Waals surface area contributed by atoms with Crippen LogP contribution in [-0.2, 0) is 12.1 Å². The van der Waals surface area contributed by atoms with Gasteiger partial charge in [0.15, 0.2) is 17.4 Å². The SMILES string of the molecule is COc1c(F)cc(C2(O)CC3CCCC(C2)N3Cc2ccccc2)cc1F. The van der Waals surface area contributed by atoms with E-state index in [9.17, 15) is 13.9 Å². The first-order valence-corrected chi connectivity index (χ1v) is 9.56. The normalized spacial score (nSPS) is 28.1. The smallest absolute Gasteiger partial charge is 0.190 e. The number of hydrogen-bond acceptors (Lipinski definition) is 3. The molecule has 2 saturated heterocycles. The van der Waals surface area contributed by atoms with Gasteiger partial charge in [0.1, 0.15) is 0 Å². The lowest BCUT2D eigenvalue weighted by atomic mass is 9.72. The molecule has 0 radical (unpaired) electrons. The fourth-order valence-corrected chi connectivity index (χ4v) is 4.83. The van der Waals surface area contributed by atoms with Crippen molar-refractivity contribution in [3.63, 3.8) is 0 Å². The minimum absolute atomic E-state index is 0.205. The molecule has 0 saturated carbocycles. The van der Waals surface area contributed by atoms with Gasteiger partial charge < -0.3 is 9.84 Å². The molecule has 0 spiro atoms. The summed E-state index contributed by atoms with van der Waals surface area (Å²) in [6.07, 6.45) is 4.09. The Morgan fingerprint density at radius 2 is 1.67 bits per heavy atom. The first-order chi connectivity index (χ1) is 13.0. The van der Waals surface area contributed by atoms with E-state index in [-0.39, 0.29) is 12.1 Å². The standard InChI is InChI=1S/C22H25F2NO2/c1-27-21-19(23)10-16(11-20(21)24)22(26)12-17-8-5-9-18(13-22)25(17)14-15-6-3-2-4-7-15/h2-4,6-7,10-11,17-18,26H,5,8-9,12-14H2,1H3. The average Bonchev–Trinajstić information content (AvgIpc) is 2.63. The second-order valence-corrected chi connectivity index (χ2v) is 7.81. The van der Waals surface area contributed by atoms with E-state index in [1.807, 2.05) is 18.2 Å². The quantitative estimate of drug-likeness (QED) is 0.863. The predicted octanol–water partition coefficient (Wildman–Crippen LogP) is 4.38. The highest BCUT2D eigenvalue weighted by Crippen LogP contribution is 2.45. The highest BCUT2D eigenvalue weighted by atomic mass is 19.1. The van der Waals surface area contributed by atoms with Gasteiger partial charge in [0.25, 0.3) is 0 Å². The number of piperidine rings is 2. The van der Waals surface area contributed by atoms with Gasteiger partial charge in [-0.15, -0.1) is 0 Å². The Morgan fingerprint density at radius 3 is 2.22 bits per heavy atom. The van der Waals surface area contributed by atoms with E-state index in [1.165, 1.54) is 24.8 Å². The number of aliphatic hydroxyl groups is 1. The van der Waals surface area contributed by atoms with Crippen LogP contribution in [0.2, 0.25) is 0 Å². The van der Waals surface area contributed by atoms with Crippen molar-refractivity contribution in [2.24, 2.45) is 0 Å². The van der Waals surface area contributed by atoms with E-state index in [1.54, 1.807) is 0 Å². The van der Waals surface area contributed by atoms with Crippen LogP contribution in [0, 0.1) is 11.6 Å². The summed E-state index contributed by atoms with van der Waals surface area (Å²) in [6.45, 7) is 0.845. The van der Waals surface area contributed by atoms with E-state index < -0.39 is 23.0 Å². The molecule has 5 heteroatoms. The molecule has 2 heterocycles. The van der Waals surface area contributed by atoms with Crippen LogP contribution in [0.25, 0.3) is 0 Å². The molecule has 2 aliphatic heterocycles. The zero-order valence-corrected chi connectivity index (χ0v) is 15.5. The summed E-state index contributed by atoms with van der Waals surface area (Å²) < 4.78 is 33.2. The van der Waals surface area contributed by atoms with Crippen molar-refractivity contribution in [2.75, 3.05) is 7.11 Å². The van der Waals surface area contributed by atoms with Crippen LogP contribution < -0.4 is 4.74 Å². The third-order valence-corrected chi connectivity index (χ3v) is 6.11. The number of halogens is 2. The topological polar surface area (TPSA) is 32.7 Å². The zero-order valence-electron chi connectivity index (χ0n) is 15.5. The molecule has 2 unspecified atom stereocenters. The van der Waals surface area contributed by atoms with Crippen molar-refractivity contribution in [3.8, 4) is 5.75 Å². The predicted molar refractivity (Wildman–Crippen MR) is 99.5 cm³/mol. The van der Waals surface area contributed by atoms with Crippen LogP contribution >= 0.6 is 0 Å². The molecule has 3 nitrogen and oxygen atoms in total. The Balaban J connectivity index is 1.61. The fraction of sp³-hybridized carbons (Fsp3) is 0.455. The number of fused-ring (bicyclic) bond motifs is 2. The summed E-state index contributed by atoms with van der Waals surface area (Å²) in [5.41, 5.74) is 0.354. The Morgan fingerprint density at radius 1 is 1.07 bits per heavy atom. The third kappa shape index (κ3) is 3.46. The number of benzene rings is 2. The van der Waals surface area contributed by atoms with Gasteiger partial charge in [-0.1, -0.05) is 36.8 Å². The Labute approximate surface area is 158 Å². The summed E-state index contributed by atoms with van der Waals surface area (Å²) in [5.74, 6) is -1.93. The highest BCUT2D eigenvalue weighted by molar-refractivity contribution is 5.35. The maximum absolute atomic E-state index is 14.2. The molecule has 1 N–H and O–H groups in total. The lowest BCUT2D eigenvalue weighted by Crippen LogP contribution is -2.56. The van der Waals surface area contributed by atoms with Gasteiger partial charge >= 0.3 is 0 Å². The molecule has 2 fully saturated rings. The molecule has 2 atom stereocenters. The number of ether oxygens (including phenoxy) is 1. The molecule has 0 amide bonds. The van der Waals surface area contributed by atoms with Crippen LogP contribution in [0.3, 0.4) is 0 Å². The zero-order chi connectivity index (χ0) is 19.0. The van der Waals surface area contributed by atoms with Crippen molar-refractivity contribution in [1.82, 2.24) is 4.90 Å². The fourth-order valence-electron chi connectivity index (χ4n) is 4.83. The second-order valence-electron chi connectivity index (χ2n) is 7.81. The van der Waals surface area contributed by atoms with Crippen molar-refractivity contribution in [2.45, 2.75) is 56.3 Å².